The lowest BCUT2D eigenvalue weighted by atomic mass is 9.92. The fraction of sp³-hybridized carbons (Fsp3) is 0.550. The van der Waals surface area contributed by atoms with E-state index in [1.165, 1.54) is 0 Å². The molecule has 1 fully saturated rings. The monoisotopic (exact) mass is 356 g/mol. The van der Waals surface area contributed by atoms with Crippen LogP contribution < -0.4 is 5.32 Å². The molecule has 2 heterocycles. The van der Waals surface area contributed by atoms with Crippen LogP contribution >= 0.6 is 0 Å². The van der Waals surface area contributed by atoms with E-state index < -0.39 is 0 Å². The van der Waals surface area contributed by atoms with Gasteiger partial charge in [0.25, 0.3) is 5.91 Å². The van der Waals surface area contributed by atoms with Crippen molar-refractivity contribution >= 4 is 5.91 Å². The quantitative estimate of drug-likeness (QED) is 0.911. The zero-order valence-electron chi connectivity index (χ0n) is 16.1. The van der Waals surface area contributed by atoms with E-state index in [1.807, 2.05) is 36.2 Å². The van der Waals surface area contributed by atoms with Crippen molar-refractivity contribution in [2.75, 3.05) is 20.1 Å². The Hall–Kier alpha value is -2.21. The average molecular weight is 356 g/mol. The van der Waals surface area contributed by atoms with Crippen LogP contribution in [0.25, 0.3) is 11.4 Å². The minimum absolute atomic E-state index is 0.0815. The summed E-state index contributed by atoms with van der Waals surface area (Å²) in [4.78, 5) is 19.1. The second kappa shape index (κ2) is 7.58. The van der Waals surface area contributed by atoms with Gasteiger partial charge in [-0.25, -0.2) is 0 Å². The summed E-state index contributed by atoms with van der Waals surface area (Å²) in [6.45, 7) is 7.99. The third-order valence-electron chi connectivity index (χ3n) is 4.66. The van der Waals surface area contributed by atoms with Crippen LogP contribution in [0.2, 0.25) is 0 Å². The van der Waals surface area contributed by atoms with Gasteiger partial charge in [-0.05, 0) is 37.4 Å². The van der Waals surface area contributed by atoms with Crippen LogP contribution in [0.1, 0.15) is 49.9 Å². The van der Waals surface area contributed by atoms with Gasteiger partial charge in [0.1, 0.15) is 0 Å². The second-order valence-electron chi connectivity index (χ2n) is 8.21. The maximum absolute atomic E-state index is 12.7. The van der Waals surface area contributed by atoms with Gasteiger partial charge < -0.3 is 14.7 Å². The van der Waals surface area contributed by atoms with Crippen LogP contribution in [-0.2, 0) is 6.42 Å². The molecule has 1 aromatic carbocycles. The van der Waals surface area contributed by atoms with E-state index >= 15 is 0 Å². The molecule has 3 rings (SSSR count). The molecule has 2 aromatic rings. The van der Waals surface area contributed by atoms with Gasteiger partial charge in [-0.2, -0.15) is 4.98 Å². The van der Waals surface area contributed by atoms with Gasteiger partial charge in [-0.1, -0.05) is 38.1 Å². The molecule has 1 aromatic heterocycles. The molecule has 6 heteroatoms. The third kappa shape index (κ3) is 4.49. The number of likely N-dealkylation sites (tertiary alicyclic amines) is 1. The van der Waals surface area contributed by atoms with E-state index in [1.54, 1.807) is 0 Å². The van der Waals surface area contributed by atoms with E-state index in [0.717, 1.165) is 37.9 Å². The maximum Gasteiger partial charge on any atom is 0.253 e. The predicted molar refractivity (Wildman–Crippen MR) is 101 cm³/mol. The maximum atomic E-state index is 12.7. The Balaban J connectivity index is 1.69. The highest BCUT2D eigenvalue weighted by Crippen LogP contribution is 2.23. The van der Waals surface area contributed by atoms with Crippen molar-refractivity contribution in [3.05, 3.63) is 35.7 Å². The normalized spacial score (nSPS) is 18.2. The number of carbonyl (C=O) groups excluding carboxylic acids is 1. The molecule has 140 valence electrons. The first-order valence-electron chi connectivity index (χ1n) is 9.25. The number of hydrogen-bond acceptors (Lipinski definition) is 5. The van der Waals surface area contributed by atoms with Gasteiger partial charge in [-0.15, -0.1) is 0 Å². The number of likely N-dealkylation sites (N-methyl/N-ethyl adjacent to an activating group) is 1. The summed E-state index contributed by atoms with van der Waals surface area (Å²) < 4.78 is 5.35. The first-order chi connectivity index (χ1) is 12.4. The Morgan fingerprint density at radius 3 is 2.69 bits per heavy atom. The lowest BCUT2D eigenvalue weighted by molar-refractivity contribution is 0.0698. The van der Waals surface area contributed by atoms with Crippen molar-refractivity contribution in [3.8, 4) is 11.4 Å². The highest BCUT2D eigenvalue weighted by atomic mass is 16.5. The van der Waals surface area contributed by atoms with Crippen LogP contribution in [0.5, 0.6) is 0 Å². The summed E-state index contributed by atoms with van der Waals surface area (Å²) >= 11 is 0. The Morgan fingerprint density at radius 2 is 2.04 bits per heavy atom. The van der Waals surface area contributed by atoms with Gasteiger partial charge in [0.2, 0.25) is 11.7 Å². The molecule has 1 N–H and O–H groups in total. The number of carbonyl (C=O) groups is 1. The summed E-state index contributed by atoms with van der Waals surface area (Å²) in [7, 11) is 1.95. The van der Waals surface area contributed by atoms with Crippen LogP contribution in [0.3, 0.4) is 0 Å². The summed E-state index contributed by atoms with van der Waals surface area (Å²) in [6.07, 6.45) is 2.89. The van der Waals surface area contributed by atoms with E-state index in [-0.39, 0.29) is 11.3 Å². The minimum atomic E-state index is 0.0815. The average Bonchev–Trinajstić information content (AvgIpc) is 3.08. The van der Waals surface area contributed by atoms with Gasteiger partial charge in [-0.3, -0.25) is 4.79 Å². The molecule has 0 bridgehead atoms. The zero-order chi connectivity index (χ0) is 18.7. The minimum Gasteiger partial charge on any atom is -0.339 e. The Kier molecular flexibility index (Phi) is 5.41. The second-order valence-corrected chi connectivity index (χ2v) is 8.21. The highest BCUT2D eigenvalue weighted by molar-refractivity contribution is 5.94. The molecule has 1 atom stereocenters. The zero-order valence-corrected chi connectivity index (χ0v) is 16.1. The van der Waals surface area contributed by atoms with E-state index in [9.17, 15) is 4.79 Å². The van der Waals surface area contributed by atoms with E-state index in [0.29, 0.717) is 23.3 Å². The molecule has 26 heavy (non-hydrogen) atoms. The van der Waals surface area contributed by atoms with Crippen LogP contribution in [0.4, 0.5) is 0 Å². The van der Waals surface area contributed by atoms with Crippen molar-refractivity contribution in [1.82, 2.24) is 20.4 Å². The molecule has 0 aliphatic carbocycles. The van der Waals surface area contributed by atoms with Crippen LogP contribution in [-0.4, -0.2) is 47.1 Å². The predicted octanol–water partition coefficient (Wildman–Crippen LogP) is 3.15. The number of piperidine rings is 1. The fourth-order valence-corrected chi connectivity index (χ4v) is 3.24. The molecule has 1 aliphatic heterocycles. The van der Waals surface area contributed by atoms with Crippen molar-refractivity contribution in [2.24, 2.45) is 5.41 Å². The molecule has 1 unspecified atom stereocenters. The number of nitrogens with one attached hydrogen (secondary N) is 1. The van der Waals surface area contributed by atoms with Gasteiger partial charge in [0.15, 0.2) is 0 Å². The number of aromatic nitrogens is 2. The Bertz CT molecular complexity index is 746. The SMILES string of the molecule is CNC1CCCN(C(=O)c2ccc(-c3noc(CC(C)(C)C)n3)cc2)C1. The standard InChI is InChI=1S/C20H28N4O2/c1-20(2,3)12-17-22-18(23-26-17)14-7-9-15(10-8-14)19(25)24-11-5-6-16(13-24)21-4/h7-10,16,21H,5-6,11-13H2,1-4H3. The Morgan fingerprint density at radius 1 is 1.31 bits per heavy atom. The fourth-order valence-electron chi connectivity index (χ4n) is 3.24. The molecule has 1 aliphatic rings. The first-order valence-corrected chi connectivity index (χ1v) is 9.25. The molecule has 0 saturated carbocycles. The molecule has 1 saturated heterocycles. The molecule has 0 spiro atoms. The summed E-state index contributed by atoms with van der Waals surface area (Å²) in [5, 5.41) is 7.33. The molecule has 0 radical (unpaired) electrons. The number of hydrogen-bond donors (Lipinski definition) is 1. The lowest BCUT2D eigenvalue weighted by Gasteiger charge is -2.32. The largest absolute Gasteiger partial charge is 0.339 e. The van der Waals surface area contributed by atoms with Gasteiger partial charge in [0.05, 0.1) is 0 Å². The van der Waals surface area contributed by atoms with Crippen molar-refractivity contribution < 1.29 is 9.32 Å². The number of benzene rings is 1. The smallest absolute Gasteiger partial charge is 0.253 e. The van der Waals surface area contributed by atoms with Crippen molar-refractivity contribution in [3.63, 3.8) is 0 Å². The lowest BCUT2D eigenvalue weighted by Crippen LogP contribution is -2.46. The number of amides is 1. The molecule has 1 amide bonds. The van der Waals surface area contributed by atoms with Crippen molar-refractivity contribution in [1.29, 1.82) is 0 Å². The van der Waals surface area contributed by atoms with E-state index in [4.69, 9.17) is 4.52 Å². The summed E-state index contributed by atoms with van der Waals surface area (Å²) in [5.74, 6) is 1.29. The van der Waals surface area contributed by atoms with Gasteiger partial charge >= 0.3 is 0 Å². The number of nitrogens with zero attached hydrogens (tertiary/aromatic N) is 3. The topological polar surface area (TPSA) is 71.3 Å². The molecular weight excluding hydrogens is 328 g/mol. The van der Waals surface area contributed by atoms with Crippen molar-refractivity contribution in [2.45, 2.75) is 46.1 Å². The van der Waals surface area contributed by atoms with Crippen LogP contribution in [0, 0.1) is 5.41 Å². The van der Waals surface area contributed by atoms with Gasteiger partial charge in [0, 0.05) is 36.7 Å². The van der Waals surface area contributed by atoms with Crippen LogP contribution in [0.15, 0.2) is 28.8 Å². The summed E-state index contributed by atoms with van der Waals surface area (Å²) in [5.41, 5.74) is 1.65. The molecular formula is C20H28N4O2. The third-order valence-corrected chi connectivity index (χ3v) is 4.66. The number of rotatable bonds is 4. The Labute approximate surface area is 155 Å². The first kappa shape index (κ1) is 18.6. The van der Waals surface area contributed by atoms with E-state index in [2.05, 4.69) is 36.2 Å². The highest BCUT2D eigenvalue weighted by Gasteiger charge is 2.23. The molecule has 6 nitrogen and oxygen atoms in total. The summed E-state index contributed by atoms with van der Waals surface area (Å²) in [6, 6.07) is 7.85.